The third kappa shape index (κ3) is 3.15. The molecule has 1 aromatic rings. The first-order chi connectivity index (χ1) is 9.45. The van der Waals surface area contributed by atoms with Gasteiger partial charge >= 0.3 is 0 Å². The summed E-state index contributed by atoms with van der Waals surface area (Å²) in [6.45, 7) is 9.41. The van der Waals surface area contributed by atoms with Crippen molar-refractivity contribution in [3.63, 3.8) is 0 Å². The number of hydrogen-bond acceptors (Lipinski definition) is 3. The molecule has 0 saturated carbocycles. The highest BCUT2D eigenvalue weighted by molar-refractivity contribution is 5.58. The van der Waals surface area contributed by atoms with Gasteiger partial charge in [0, 0.05) is 31.4 Å². The van der Waals surface area contributed by atoms with Gasteiger partial charge in [0.15, 0.2) is 0 Å². The first kappa shape index (κ1) is 14.9. The molecule has 0 aromatic heterocycles. The largest absolute Gasteiger partial charge is 0.497 e. The Morgan fingerprint density at radius 1 is 1.30 bits per heavy atom. The van der Waals surface area contributed by atoms with Crippen LogP contribution >= 0.6 is 0 Å². The Morgan fingerprint density at radius 2 is 2.05 bits per heavy atom. The first-order valence-corrected chi connectivity index (χ1v) is 7.27. The molecule has 0 saturated heterocycles. The number of rotatable bonds is 3. The Kier molecular flexibility index (Phi) is 4.39. The van der Waals surface area contributed by atoms with Crippen LogP contribution in [0.25, 0.3) is 0 Å². The second-order valence-electron chi connectivity index (χ2n) is 6.37. The highest BCUT2D eigenvalue weighted by atomic mass is 16.5. The molecule has 1 heterocycles. The minimum absolute atomic E-state index is 0.275. The van der Waals surface area contributed by atoms with Gasteiger partial charge in [-0.15, -0.1) is 0 Å². The maximum atomic E-state index is 5.86. The molecule has 2 rings (SSSR count). The Bertz CT molecular complexity index is 500. The molecule has 0 aliphatic carbocycles. The van der Waals surface area contributed by atoms with Crippen molar-refractivity contribution in [2.24, 2.45) is 11.1 Å². The lowest BCUT2D eigenvalue weighted by atomic mass is 9.83. The molecule has 0 unspecified atom stereocenters. The zero-order valence-electron chi connectivity index (χ0n) is 13.1. The number of nitrogens with two attached hydrogens (primary N) is 1. The fraction of sp³-hybridized carbons (Fsp3) is 0.529. The summed E-state index contributed by atoms with van der Waals surface area (Å²) in [4.78, 5) is 2.39. The van der Waals surface area contributed by atoms with E-state index in [1.807, 2.05) is 6.07 Å². The zero-order valence-corrected chi connectivity index (χ0v) is 13.1. The Labute approximate surface area is 122 Å². The van der Waals surface area contributed by atoms with E-state index in [2.05, 4.69) is 43.9 Å². The van der Waals surface area contributed by atoms with Crippen molar-refractivity contribution in [2.75, 3.05) is 25.1 Å². The minimum Gasteiger partial charge on any atom is -0.497 e. The van der Waals surface area contributed by atoms with E-state index < -0.39 is 0 Å². The van der Waals surface area contributed by atoms with Gasteiger partial charge in [0.05, 0.1) is 7.11 Å². The van der Waals surface area contributed by atoms with E-state index in [1.165, 1.54) is 11.3 Å². The van der Waals surface area contributed by atoms with Crippen molar-refractivity contribution in [1.82, 2.24) is 0 Å². The predicted molar refractivity (Wildman–Crippen MR) is 85.3 cm³/mol. The lowest BCUT2D eigenvalue weighted by Gasteiger charge is -2.34. The Hall–Kier alpha value is -1.48. The fourth-order valence-corrected chi connectivity index (χ4v) is 2.71. The lowest BCUT2D eigenvalue weighted by molar-refractivity contribution is 0.414. The van der Waals surface area contributed by atoms with Crippen LogP contribution in [0.5, 0.6) is 5.75 Å². The zero-order chi connectivity index (χ0) is 14.8. The van der Waals surface area contributed by atoms with Gasteiger partial charge in [-0.3, -0.25) is 0 Å². The molecule has 0 amide bonds. The quantitative estimate of drug-likeness (QED) is 0.859. The van der Waals surface area contributed by atoms with E-state index in [9.17, 15) is 0 Å². The van der Waals surface area contributed by atoms with Crippen LogP contribution in [0.3, 0.4) is 0 Å². The number of anilines is 1. The van der Waals surface area contributed by atoms with Gasteiger partial charge in [-0.05, 0) is 23.5 Å². The van der Waals surface area contributed by atoms with E-state index in [-0.39, 0.29) is 5.41 Å². The summed E-state index contributed by atoms with van der Waals surface area (Å²) in [5.41, 5.74) is 10.1. The second-order valence-corrected chi connectivity index (χ2v) is 6.37. The van der Waals surface area contributed by atoms with Crippen molar-refractivity contribution in [3.05, 3.63) is 35.4 Å². The van der Waals surface area contributed by atoms with Gasteiger partial charge in [0.25, 0.3) is 0 Å². The molecule has 0 spiro atoms. The summed E-state index contributed by atoms with van der Waals surface area (Å²) in [6.07, 6.45) is 3.48. The molecule has 3 nitrogen and oxygen atoms in total. The molecule has 1 aliphatic heterocycles. The van der Waals surface area contributed by atoms with Gasteiger partial charge in [0.2, 0.25) is 0 Å². The molecule has 1 aromatic carbocycles. The van der Waals surface area contributed by atoms with Crippen LogP contribution in [0.2, 0.25) is 0 Å². The van der Waals surface area contributed by atoms with Gasteiger partial charge in [0.1, 0.15) is 5.75 Å². The van der Waals surface area contributed by atoms with Crippen LogP contribution < -0.4 is 15.4 Å². The fourth-order valence-electron chi connectivity index (χ4n) is 2.71. The number of nitrogens with zero attached hydrogens (tertiary/aromatic N) is 1. The van der Waals surface area contributed by atoms with E-state index in [1.54, 1.807) is 12.7 Å². The van der Waals surface area contributed by atoms with Crippen molar-refractivity contribution in [3.8, 4) is 5.75 Å². The molecule has 0 atom stereocenters. The van der Waals surface area contributed by atoms with E-state index >= 15 is 0 Å². The van der Waals surface area contributed by atoms with Crippen LogP contribution in [0, 0.1) is 5.41 Å². The summed E-state index contributed by atoms with van der Waals surface area (Å²) >= 11 is 0. The van der Waals surface area contributed by atoms with E-state index in [4.69, 9.17) is 10.5 Å². The van der Waals surface area contributed by atoms with E-state index in [0.29, 0.717) is 6.54 Å². The standard InChI is InChI=1S/C17H26N2O/c1-17(2,3)14-7-9-19(10-8-14)16-11-15(20-4)6-5-13(16)12-18/h5-7,11H,8-10,12,18H2,1-4H3. The maximum absolute atomic E-state index is 5.86. The second kappa shape index (κ2) is 5.88. The minimum atomic E-state index is 0.275. The van der Waals surface area contributed by atoms with E-state index in [0.717, 1.165) is 25.3 Å². The number of benzene rings is 1. The summed E-state index contributed by atoms with van der Waals surface area (Å²) in [5.74, 6) is 0.891. The third-order valence-corrected chi connectivity index (χ3v) is 4.03. The van der Waals surface area contributed by atoms with Gasteiger partial charge < -0.3 is 15.4 Å². The van der Waals surface area contributed by atoms with Crippen molar-refractivity contribution in [1.29, 1.82) is 0 Å². The number of hydrogen-bond donors (Lipinski definition) is 1. The highest BCUT2D eigenvalue weighted by Crippen LogP contribution is 2.33. The molecule has 0 fully saturated rings. The summed E-state index contributed by atoms with van der Waals surface area (Å²) in [7, 11) is 1.70. The topological polar surface area (TPSA) is 38.5 Å². The summed E-state index contributed by atoms with van der Waals surface area (Å²) in [6, 6.07) is 6.14. The van der Waals surface area contributed by atoms with Crippen LogP contribution in [0.4, 0.5) is 5.69 Å². The van der Waals surface area contributed by atoms with Gasteiger partial charge in [-0.1, -0.05) is 38.5 Å². The molecule has 0 radical (unpaired) electrons. The highest BCUT2D eigenvalue weighted by Gasteiger charge is 2.22. The maximum Gasteiger partial charge on any atom is 0.120 e. The lowest BCUT2D eigenvalue weighted by Crippen LogP contribution is -2.32. The first-order valence-electron chi connectivity index (χ1n) is 7.27. The normalized spacial score (nSPS) is 16.1. The number of ether oxygens (including phenoxy) is 1. The molecule has 20 heavy (non-hydrogen) atoms. The van der Waals surface area contributed by atoms with Crippen molar-refractivity contribution in [2.45, 2.75) is 33.7 Å². The molecule has 2 N–H and O–H groups in total. The third-order valence-electron chi connectivity index (χ3n) is 4.03. The van der Waals surface area contributed by atoms with Gasteiger partial charge in [-0.2, -0.15) is 0 Å². The summed E-state index contributed by atoms with van der Waals surface area (Å²) < 4.78 is 5.34. The smallest absolute Gasteiger partial charge is 0.120 e. The molecule has 110 valence electrons. The average molecular weight is 274 g/mol. The van der Waals surface area contributed by atoms with Crippen molar-refractivity contribution >= 4 is 5.69 Å². The predicted octanol–water partition coefficient (Wildman–Crippen LogP) is 3.34. The van der Waals surface area contributed by atoms with Crippen LogP contribution in [-0.4, -0.2) is 20.2 Å². The van der Waals surface area contributed by atoms with Crippen molar-refractivity contribution < 1.29 is 4.74 Å². The van der Waals surface area contributed by atoms with Crippen LogP contribution in [-0.2, 0) is 6.54 Å². The van der Waals surface area contributed by atoms with Crippen LogP contribution in [0.1, 0.15) is 32.8 Å². The molecular formula is C17H26N2O. The molecule has 0 bridgehead atoms. The molecule has 1 aliphatic rings. The Balaban J connectivity index is 2.24. The van der Waals surface area contributed by atoms with Crippen LogP contribution in [0.15, 0.2) is 29.8 Å². The summed E-state index contributed by atoms with van der Waals surface area (Å²) in [5, 5.41) is 0. The number of methoxy groups -OCH3 is 1. The van der Waals surface area contributed by atoms with Gasteiger partial charge in [-0.25, -0.2) is 0 Å². The Morgan fingerprint density at radius 3 is 2.55 bits per heavy atom. The average Bonchev–Trinajstić information content (AvgIpc) is 2.45. The molecule has 3 heteroatoms. The SMILES string of the molecule is COc1ccc(CN)c(N2CC=C(C(C)(C)C)CC2)c1. The monoisotopic (exact) mass is 274 g/mol. The molecular weight excluding hydrogens is 248 g/mol.